The van der Waals surface area contributed by atoms with Gasteiger partial charge in [0.2, 0.25) is 10.0 Å². The SMILES string of the molecule is O=C(Cc1ccccc1)C1CCN(S(=O)(=O)c2cc(-c3ncc(-c4ccc(Br)c(F)c4)[nH]3)ccc2Cl)CC1. The van der Waals surface area contributed by atoms with Crippen LogP contribution < -0.4 is 0 Å². The number of rotatable bonds is 7. The summed E-state index contributed by atoms with van der Waals surface area (Å²) in [6.45, 7) is 0.488. The van der Waals surface area contributed by atoms with E-state index in [4.69, 9.17) is 11.6 Å². The normalized spacial score (nSPS) is 15.0. The Morgan fingerprint density at radius 1 is 1.05 bits per heavy atom. The molecule has 0 aliphatic carbocycles. The number of benzene rings is 3. The third-order valence-electron chi connectivity index (χ3n) is 6.76. The molecule has 0 atom stereocenters. The monoisotopic (exact) mass is 615 g/mol. The number of nitrogens with zero attached hydrogens (tertiary/aromatic N) is 2. The number of hydrogen-bond donors (Lipinski definition) is 1. The molecule has 38 heavy (non-hydrogen) atoms. The summed E-state index contributed by atoms with van der Waals surface area (Å²) in [7, 11) is -3.89. The van der Waals surface area contributed by atoms with Gasteiger partial charge in [0.15, 0.2) is 0 Å². The van der Waals surface area contributed by atoms with Gasteiger partial charge in [-0.25, -0.2) is 17.8 Å². The molecule has 0 unspecified atom stereocenters. The molecule has 10 heteroatoms. The number of piperidine rings is 1. The Hall–Kier alpha value is -2.85. The van der Waals surface area contributed by atoms with E-state index in [9.17, 15) is 17.6 Å². The van der Waals surface area contributed by atoms with Crippen LogP contribution in [0.3, 0.4) is 0 Å². The van der Waals surface area contributed by atoms with Crippen LogP contribution in [0.1, 0.15) is 18.4 Å². The first kappa shape index (κ1) is 26.7. The highest BCUT2D eigenvalue weighted by Gasteiger charge is 2.33. The molecule has 1 N–H and O–H groups in total. The number of ketones is 1. The molecular weight excluding hydrogens is 593 g/mol. The van der Waals surface area contributed by atoms with Crippen LogP contribution in [-0.2, 0) is 21.2 Å². The van der Waals surface area contributed by atoms with Crippen LogP contribution in [0.4, 0.5) is 4.39 Å². The van der Waals surface area contributed by atoms with E-state index in [-0.39, 0.29) is 34.7 Å². The molecule has 1 saturated heterocycles. The topological polar surface area (TPSA) is 83.1 Å². The molecule has 1 fully saturated rings. The number of Topliss-reactive ketones (excluding diaryl/α,β-unsaturated/α-hetero) is 1. The first-order valence-electron chi connectivity index (χ1n) is 12.1. The highest BCUT2D eigenvalue weighted by molar-refractivity contribution is 9.10. The van der Waals surface area contributed by atoms with Crippen LogP contribution in [0, 0.1) is 11.7 Å². The van der Waals surface area contributed by atoms with E-state index in [2.05, 4.69) is 25.9 Å². The zero-order chi connectivity index (χ0) is 26.9. The molecule has 6 nitrogen and oxygen atoms in total. The van der Waals surface area contributed by atoms with E-state index in [1.54, 1.807) is 24.4 Å². The number of H-pyrrole nitrogens is 1. The number of nitrogens with one attached hydrogen (secondary N) is 1. The lowest BCUT2D eigenvalue weighted by molar-refractivity contribution is -0.123. The molecule has 0 radical (unpaired) electrons. The van der Waals surface area contributed by atoms with Crippen LogP contribution >= 0.6 is 27.5 Å². The fourth-order valence-corrected chi connectivity index (χ4v) is 6.84. The smallest absolute Gasteiger partial charge is 0.244 e. The van der Waals surface area contributed by atoms with E-state index < -0.39 is 15.8 Å². The maximum absolute atomic E-state index is 14.0. The largest absolute Gasteiger partial charge is 0.338 e. The van der Waals surface area contributed by atoms with Crippen LogP contribution in [-0.4, -0.2) is 41.6 Å². The minimum atomic E-state index is -3.89. The lowest BCUT2D eigenvalue weighted by Gasteiger charge is -2.30. The zero-order valence-electron chi connectivity index (χ0n) is 20.2. The van der Waals surface area contributed by atoms with Crippen molar-refractivity contribution in [3.8, 4) is 22.6 Å². The van der Waals surface area contributed by atoms with Crippen molar-refractivity contribution in [3.05, 3.63) is 93.8 Å². The molecule has 1 aromatic heterocycles. The van der Waals surface area contributed by atoms with E-state index >= 15 is 0 Å². The third-order valence-corrected chi connectivity index (χ3v) is 9.78. The maximum atomic E-state index is 14.0. The van der Waals surface area contributed by atoms with Gasteiger partial charge in [0.25, 0.3) is 0 Å². The molecule has 1 aliphatic rings. The summed E-state index contributed by atoms with van der Waals surface area (Å²) in [4.78, 5) is 20.2. The number of halogens is 3. The number of aromatic nitrogens is 2. The third kappa shape index (κ3) is 5.61. The van der Waals surface area contributed by atoms with E-state index in [0.717, 1.165) is 5.56 Å². The Balaban J connectivity index is 1.32. The zero-order valence-corrected chi connectivity index (χ0v) is 23.4. The van der Waals surface area contributed by atoms with E-state index in [1.165, 1.54) is 22.5 Å². The van der Waals surface area contributed by atoms with Gasteiger partial charge in [-0.15, -0.1) is 0 Å². The minimum absolute atomic E-state index is 0.0154. The van der Waals surface area contributed by atoms with Gasteiger partial charge in [-0.2, -0.15) is 4.31 Å². The molecular formula is C28H24BrClFN3O3S. The lowest BCUT2D eigenvalue weighted by Crippen LogP contribution is -2.40. The molecule has 5 rings (SSSR count). The minimum Gasteiger partial charge on any atom is -0.338 e. The summed E-state index contributed by atoms with van der Waals surface area (Å²) in [5, 5.41) is 0.109. The number of carbonyl (C=O) groups is 1. The Bertz CT molecular complexity index is 1590. The van der Waals surface area contributed by atoms with Crippen LogP contribution in [0.25, 0.3) is 22.6 Å². The molecule has 4 aromatic rings. The number of hydrogen-bond acceptors (Lipinski definition) is 4. The summed E-state index contributed by atoms with van der Waals surface area (Å²) in [5.74, 6) is -0.00766. The number of aromatic amines is 1. The van der Waals surface area contributed by atoms with Gasteiger partial charge in [-0.3, -0.25) is 4.79 Å². The van der Waals surface area contributed by atoms with E-state index in [1.807, 2.05) is 30.3 Å². The first-order valence-corrected chi connectivity index (χ1v) is 14.7. The van der Waals surface area contributed by atoms with Gasteiger partial charge >= 0.3 is 0 Å². The summed E-state index contributed by atoms with van der Waals surface area (Å²) in [6, 6.07) is 19.0. The summed E-state index contributed by atoms with van der Waals surface area (Å²) >= 11 is 9.50. The number of imidazole rings is 1. The van der Waals surface area contributed by atoms with Crippen molar-refractivity contribution in [2.45, 2.75) is 24.2 Å². The molecule has 2 heterocycles. The highest BCUT2D eigenvalue weighted by Crippen LogP contribution is 2.33. The predicted octanol–water partition coefficient (Wildman–Crippen LogP) is 6.51. The van der Waals surface area contributed by atoms with E-state index in [0.29, 0.717) is 46.4 Å². The van der Waals surface area contributed by atoms with Crippen molar-refractivity contribution in [1.82, 2.24) is 14.3 Å². The molecule has 1 aliphatic heterocycles. The van der Waals surface area contributed by atoms with Crippen molar-refractivity contribution in [3.63, 3.8) is 0 Å². The molecule has 0 spiro atoms. The van der Waals surface area contributed by atoms with Crippen LogP contribution in [0.5, 0.6) is 0 Å². The fraction of sp³-hybridized carbons (Fsp3) is 0.214. The van der Waals surface area contributed by atoms with Gasteiger partial charge in [-0.1, -0.05) is 48.0 Å². The average Bonchev–Trinajstić information content (AvgIpc) is 3.41. The van der Waals surface area contributed by atoms with Gasteiger partial charge < -0.3 is 4.98 Å². The summed E-state index contributed by atoms with van der Waals surface area (Å²) in [6.07, 6.45) is 2.85. The Morgan fingerprint density at radius 2 is 1.76 bits per heavy atom. The highest BCUT2D eigenvalue weighted by atomic mass is 79.9. The molecule has 0 amide bonds. The molecule has 196 valence electrons. The second-order valence-electron chi connectivity index (χ2n) is 9.23. The number of carbonyl (C=O) groups excluding carboxylic acids is 1. The first-order chi connectivity index (χ1) is 18.2. The van der Waals surface area contributed by atoms with Gasteiger partial charge in [0, 0.05) is 36.6 Å². The molecule has 0 bridgehead atoms. The standard InChI is InChI=1S/C28H24BrClFN3O3S/c29-22-8-6-20(15-24(22)31)25-17-32-28(33-25)21-7-9-23(30)27(16-21)38(36,37)34-12-10-19(11-13-34)26(35)14-18-4-2-1-3-5-18/h1-9,15-17,19H,10-14H2,(H,32,33). The second-order valence-corrected chi connectivity index (χ2v) is 12.4. The maximum Gasteiger partial charge on any atom is 0.244 e. The van der Waals surface area contributed by atoms with Crippen LogP contribution in [0.2, 0.25) is 5.02 Å². The van der Waals surface area contributed by atoms with Crippen molar-refractivity contribution in [2.24, 2.45) is 5.92 Å². The van der Waals surface area contributed by atoms with Crippen molar-refractivity contribution >= 4 is 43.3 Å². The lowest BCUT2D eigenvalue weighted by atomic mass is 9.90. The Kier molecular flexibility index (Phi) is 7.81. The van der Waals surface area contributed by atoms with Gasteiger partial charge in [0.05, 0.1) is 21.4 Å². The van der Waals surface area contributed by atoms with Gasteiger partial charge in [-0.05, 0) is 64.7 Å². The molecule has 3 aromatic carbocycles. The van der Waals surface area contributed by atoms with Gasteiger partial charge in [0.1, 0.15) is 22.3 Å². The quantitative estimate of drug-likeness (QED) is 0.257. The summed E-state index contributed by atoms with van der Waals surface area (Å²) in [5.41, 5.74) is 2.69. The number of sulfonamides is 1. The second kappa shape index (κ2) is 11.1. The fourth-order valence-electron chi connectivity index (χ4n) is 4.63. The van der Waals surface area contributed by atoms with Crippen molar-refractivity contribution in [2.75, 3.05) is 13.1 Å². The Morgan fingerprint density at radius 3 is 2.47 bits per heavy atom. The predicted molar refractivity (Wildman–Crippen MR) is 149 cm³/mol. The summed E-state index contributed by atoms with van der Waals surface area (Å²) < 4.78 is 42.8. The van der Waals surface area contributed by atoms with Crippen LogP contribution in [0.15, 0.2) is 82.3 Å². The Labute approximate surface area is 234 Å². The molecule has 0 saturated carbocycles. The van der Waals surface area contributed by atoms with Crippen molar-refractivity contribution < 1.29 is 17.6 Å². The van der Waals surface area contributed by atoms with Crippen molar-refractivity contribution in [1.29, 1.82) is 0 Å². The average molecular weight is 617 g/mol.